The van der Waals surface area contributed by atoms with E-state index in [1.54, 1.807) is 36.4 Å². The summed E-state index contributed by atoms with van der Waals surface area (Å²) in [7, 11) is 0. The van der Waals surface area contributed by atoms with Crippen molar-refractivity contribution in [3.8, 4) is 0 Å². The van der Waals surface area contributed by atoms with Crippen molar-refractivity contribution >= 4 is 23.9 Å². The first-order valence-corrected chi connectivity index (χ1v) is 12.7. The molecule has 1 fully saturated rings. The van der Waals surface area contributed by atoms with Crippen molar-refractivity contribution in [1.82, 2.24) is 0 Å². The molecule has 4 rings (SSSR count). The Morgan fingerprint density at radius 2 is 1.40 bits per heavy atom. The number of rotatable bonds is 7. The van der Waals surface area contributed by atoms with E-state index in [-0.39, 0.29) is 17.4 Å². The number of hydrogen-bond acceptors (Lipinski definition) is 3. The van der Waals surface area contributed by atoms with Gasteiger partial charge in [-0.15, -0.1) is 0 Å². The van der Waals surface area contributed by atoms with E-state index in [0.717, 1.165) is 25.5 Å². The molecule has 0 amide bonds. The molecule has 4 atom stereocenters. The molecule has 0 aliphatic heterocycles. The van der Waals surface area contributed by atoms with Crippen LogP contribution >= 0.6 is 11.6 Å². The highest BCUT2D eigenvalue weighted by Crippen LogP contribution is 2.45. The highest BCUT2D eigenvalue weighted by molar-refractivity contribution is 6.30. The number of halogens is 1. The fourth-order valence-electron chi connectivity index (χ4n) is 5.60. The second-order valence-electron chi connectivity index (χ2n) is 10.4. The molecule has 3 nitrogen and oxygen atoms in total. The van der Waals surface area contributed by atoms with Crippen molar-refractivity contribution in [2.45, 2.75) is 57.0 Å². The van der Waals surface area contributed by atoms with Crippen molar-refractivity contribution in [2.24, 2.45) is 11.8 Å². The average Bonchev–Trinajstić information content (AvgIpc) is 2.87. The van der Waals surface area contributed by atoms with E-state index in [4.69, 9.17) is 16.3 Å². The van der Waals surface area contributed by atoms with Crippen LogP contribution in [-0.2, 0) is 25.2 Å². The molecule has 0 spiro atoms. The van der Waals surface area contributed by atoms with Gasteiger partial charge in [-0.2, -0.15) is 0 Å². The third kappa shape index (κ3) is 4.92. The number of hydrogen-bond donors (Lipinski definition) is 0. The Morgan fingerprint density at radius 3 is 1.97 bits per heavy atom. The van der Waals surface area contributed by atoms with Crippen molar-refractivity contribution in [2.75, 3.05) is 0 Å². The van der Waals surface area contributed by atoms with Crippen LogP contribution < -0.4 is 0 Å². The molecule has 4 heteroatoms. The third-order valence-electron chi connectivity index (χ3n) is 7.78. The van der Waals surface area contributed by atoms with Crippen LogP contribution in [0.5, 0.6) is 0 Å². The molecule has 0 bridgehead atoms. The zero-order valence-electron chi connectivity index (χ0n) is 20.6. The molecule has 0 N–H and O–H groups in total. The Hall–Kier alpha value is -2.91. The maximum atomic E-state index is 14.1. The summed E-state index contributed by atoms with van der Waals surface area (Å²) >= 11 is 6.13. The zero-order valence-corrected chi connectivity index (χ0v) is 21.4. The van der Waals surface area contributed by atoms with Crippen LogP contribution in [0.4, 0.5) is 0 Å². The van der Waals surface area contributed by atoms with Crippen molar-refractivity contribution in [1.29, 1.82) is 0 Å². The summed E-state index contributed by atoms with van der Waals surface area (Å²) in [6.45, 7) is 6.66. The molecular weight excluding hydrogens is 456 g/mol. The van der Waals surface area contributed by atoms with Crippen LogP contribution in [-0.4, -0.2) is 18.4 Å². The first kappa shape index (κ1) is 25.2. The maximum Gasteiger partial charge on any atom is 0.328 e. The van der Waals surface area contributed by atoms with Gasteiger partial charge in [0.25, 0.3) is 0 Å². The van der Waals surface area contributed by atoms with Crippen LogP contribution in [0.2, 0.25) is 5.02 Å². The lowest BCUT2D eigenvalue weighted by Crippen LogP contribution is -2.48. The minimum absolute atomic E-state index is 0.135. The highest BCUT2D eigenvalue weighted by atomic mass is 35.5. The van der Waals surface area contributed by atoms with E-state index in [9.17, 15) is 9.59 Å². The number of carbonyl (C=O) groups excluding carboxylic acids is 2. The van der Waals surface area contributed by atoms with Gasteiger partial charge in [0, 0.05) is 10.9 Å². The molecule has 0 aromatic heterocycles. The van der Waals surface area contributed by atoms with E-state index in [1.165, 1.54) is 5.56 Å². The van der Waals surface area contributed by atoms with E-state index in [2.05, 4.69) is 45.0 Å². The van der Waals surface area contributed by atoms with Gasteiger partial charge in [-0.1, -0.05) is 112 Å². The number of esters is 1. The molecule has 182 valence electrons. The second kappa shape index (κ2) is 10.4. The Kier molecular flexibility index (Phi) is 7.47. The lowest BCUT2D eigenvalue weighted by molar-refractivity contribution is -0.162. The van der Waals surface area contributed by atoms with Crippen LogP contribution in [0, 0.1) is 11.8 Å². The third-order valence-corrected chi connectivity index (χ3v) is 8.04. The molecule has 1 aliphatic carbocycles. The fourth-order valence-corrected chi connectivity index (χ4v) is 5.72. The van der Waals surface area contributed by atoms with Crippen LogP contribution in [0.15, 0.2) is 84.9 Å². The number of carbonyl (C=O) groups is 2. The first-order chi connectivity index (χ1) is 16.8. The average molecular weight is 489 g/mol. The SMILES string of the molecule is C[C@@H]1CC[C@@H](C(C)(C)c2ccccc2)[C@H](OC(=O)[C@@](C=O)(c2ccccc2)c2ccc(Cl)cc2)C1. The lowest BCUT2D eigenvalue weighted by Gasteiger charge is -2.44. The van der Waals surface area contributed by atoms with Crippen molar-refractivity contribution in [3.63, 3.8) is 0 Å². The van der Waals surface area contributed by atoms with E-state index >= 15 is 0 Å². The van der Waals surface area contributed by atoms with E-state index < -0.39 is 11.4 Å². The first-order valence-electron chi connectivity index (χ1n) is 12.3. The fraction of sp³-hybridized carbons (Fsp3) is 0.355. The molecule has 0 saturated heterocycles. The van der Waals surface area contributed by atoms with Gasteiger partial charge < -0.3 is 9.53 Å². The van der Waals surface area contributed by atoms with Crippen LogP contribution in [0.1, 0.15) is 56.7 Å². The molecule has 1 saturated carbocycles. The maximum absolute atomic E-state index is 14.1. The summed E-state index contributed by atoms with van der Waals surface area (Å²) in [5.41, 5.74) is 0.612. The normalized spacial score (nSPS) is 22.1. The lowest BCUT2D eigenvalue weighted by atomic mass is 9.64. The van der Waals surface area contributed by atoms with Gasteiger partial charge in [0.15, 0.2) is 5.41 Å². The monoisotopic (exact) mass is 488 g/mol. The Labute approximate surface area is 213 Å². The van der Waals surface area contributed by atoms with E-state index in [0.29, 0.717) is 22.1 Å². The zero-order chi connectivity index (χ0) is 25.1. The molecule has 0 heterocycles. The summed E-state index contributed by atoms with van der Waals surface area (Å²) in [4.78, 5) is 26.9. The molecule has 35 heavy (non-hydrogen) atoms. The minimum atomic E-state index is -1.56. The van der Waals surface area contributed by atoms with Crippen molar-refractivity contribution in [3.05, 3.63) is 107 Å². The van der Waals surface area contributed by atoms with Gasteiger partial charge in [0.1, 0.15) is 12.4 Å². The van der Waals surface area contributed by atoms with E-state index in [1.807, 2.05) is 24.3 Å². The smallest absolute Gasteiger partial charge is 0.328 e. The largest absolute Gasteiger partial charge is 0.461 e. The quantitative estimate of drug-likeness (QED) is 0.201. The molecular formula is C31H33ClO3. The van der Waals surface area contributed by atoms with Gasteiger partial charge >= 0.3 is 5.97 Å². The number of ether oxygens (including phenoxy) is 1. The summed E-state index contributed by atoms with van der Waals surface area (Å²) in [5.74, 6) is 0.0397. The number of benzene rings is 3. The van der Waals surface area contributed by atoms with Crippen LogP contribution in [0.25, 0.3) is 0 Å². The standard InChI is InChI=1S/C31H33ClO3/c1-22-14-19-27(30(2,3)23-10-6-4-7-11-23)28(20-22)35-29(34)31(21-33,24-12-8-5-9-13-24)25-15-17-26(32)18-16-25/h4-13,15-18,21-22,27-28H,14,19-20H2,1-3H3/t22-,27-,28-,31+/m1/s1. The van der Waals surface area contributed by atoms with Gasteiger partial charge in [0.2, 0.25) is 0 Å². The molecule has 3 aromatic rings. The summed E-state index contributed by atoms with van der Waals surface area (Å²) in [5, 5.41) is 0.542. The minimum Gasteiger partial charge on any atom is -0.461 e. The van der Waals surface area contributed by atoms with Gasteiger partial charge in [-0.25, -0.2) is 0 Å². The molecule has 3 aromatic carbocycles. The van der Waals surface area contributed by atoms with Gasteiger partial charge in [-0.05, 0) is 53.0 Å². The predicted octanol–water partition coefficient (Wildman–Crippen LogP) is 7.15. The summed E-state index contributed by atoms with van der Waals surface area (Å²) in [6.07, 6.45) is 3.25. The van der Waals surface area contributed by atoms with Crippen LogP contribution in [0.3, 0.4) is 0 Å². The number of aldehydes is 1. The van der Waals surface area contributed by atoms with Crippen molar-refractivity contribution < 1.29 is 14.3 Å². The molecule has 1 aliphatic rings. The Morgan fingerprint density at radius 1 is 0.857 bits per heavy atom. The predicted molar refractivity (Wildman–Crippen MR) is 141 cm³/mol. The molecule has 0 radical (unpaired) electrons. The Balaban J connectivity index is 1.74. The Bertz CT molecular complexity index is 1140. The van der Waals surface area contributed by atoms with Gasteiger partial charge in [0.05, 0.1) is 0 Å². The summed E-state index contributed by atoms with van der Waals surface area (Å²) < 4.78 is 6.37. The second-order valence-corrected chi connectivity index (χ2v) is 10.8. The molecule has 0 unspecified atom stereocenters. The highest BCUT2D eigenvalue weighted by Gasteiger charge is 2.48. The van der Waals surface area contributed by atoms with Gasteiger partial charge in [-0.3, -0.25) is 4.79 Å². The topological polar surface area (TPSA) is 43.4 Å². The summed E-state index contributed by atoms with van der Waals surface area (Å²) in [6, 6.07) is 26.4.